The van der Waals surface area contributed by atoms with E-state index < -0.39 is 12.6 Å². The minimum atomic E-state index is -4.05. The Morgan fingerprint density at radius 3 is 2.83 bits per heavy atom. The van der Waals surface area contributed by atoms with E-state index in [2.05, 4.69) is 5.32 Å². The van der Waals surface area contributed by atoms with Gasteiger partial charge in [-0.3, -0.25) is 0 Å². The first-order chi connectivity index (χ1) is 8.46. The SMILES string of the molecule is FC(F)(F)CCCNC1CCc2cc(Cl)ccc21. The summed E-state index contributed by atoms with van der Waals surface area (Å²) in [5.74, 6) is 0. The molecule has 2 rings (SSSR count). The molecule has 0 heterocycles. The summed E-state index contributed by atoms with van der Waals surface area (Å²) in [5, 5.41) is 3.90. The van der Waals surface area contributed by atoms with Crippen LogP contribution >= 0.6 is 11.6 Å². The van der Waals surface area contributed by atoms with Gasteiger partial charge in [0.2, 0.25) is 0 Å². The van der Waals surface area contributed by atoms with Crippen molar-refractivity contribution >= 4 is 11.6 Å². The van der Waals surface area contributed by atoms with Crippen molar-refractivity contribution in [3.63, 3.8) is 0 Å². The van der Waals surface area contributed by atoms with Crippen LogP contribution in [-0.2, 0) is 6.42 Å². The summed E-state index contributed by atoms with van der Waals surface area (Å²) in [7, 11) is 0. The fourth-order valence-electron chi connectivity index (χ4n) is 2.36. The van der Waals surface area contributed by atoms with Gasteiger partial charge in [0.15, 0.2) is 0 Å². The minimum absolute atomic E-state index is 0.128. The predicted molar refractivity (Wildman–Crippen MR) is 65.8 cm³/mol. The number of aryl methyl sites for hydroxylation is 1. The Balaban J connectivity index is 1.83. The molecule has 0 aromatic heterocycles. The molecule has 0 saturated carbocycles. The van der Waals surface area contributed by atoms with Crippen LogP contribution in [0.25, 0.3) is 0 Å². The van der Waals surface area contributed by atoms with Gasteiger partial charge in [0.05, 0.1) is 0 Å². The van der Waals surface area contributed by atoms with Gasteiger partial charge >= 0.3 is 6.18 Å². The minimum Gasteiger partial charge on any atom is -0.310 e. The van der Waals surface area contributed by atoms with Gasteiger partial charge in [-0.1, -0.05) is 17.7 Å². The Hall–Kier alpha value is -0.740. The quantitative estimate of drug-likeness (QED) is 0.811. The summed E-state index contributed by atoms with van der Waals surface area (Å²) in [6.07, 6.45) is -2.78. The largest absolute Gasteiger partial charge is 0.389 e. The monoisotopic (exact) mass is 277 g/mol. The highest BCUT2D eigenvalue weighted by atomic mass is 35.5. The molecule has 1 N–H and O–H groups in total. The van der Waals surface area contributed by atoms with Gasteiger partial charge < -0.3 is 5.32 Å². The molecule has 18 heavy (non-hydrogen) atoms. The smallest absolute Gasteiger partial charge is 0.310 e. The molecular formula is C13H15ClF3N. The van der Waals surface area contributed by atoms with Crippen LogP contribution < -0.4 is 5.32 Å². The Kier molecular flexibility index (Phi) is 4.17. The molecule has 1 aromatic rings. The molecular weight excluding hydrogens is 263 g/mol. The molecule has 0 radical (unpaired) electrons. The second-order valence-corrected chi connectivity index (χ2v) is 5.04. The van der Waals surface area contributed by atoms with E-state index in [1.807, 2.05) is 18.2 Å². The lowest BCUT2D eigenvalue weighted by Gasteiger charge is -2.14. The molecule has 0 fully saturated rings. The summed E-state index contributed by atoms with van der Waals surface area (Å²) in [5.41, 5.74) is 2.38. The summed E-state index contributed by atoms with van der Waals surface area (Å²) in [4.78, 5) is 0. The van der Waals surface area contributed by atoms with E-state index in [1.54, 1.807) is 0 Å². The Bertz CT molecular complexity index is 417. The van der Waals surface area contributed by atoms with Gasteiger partial charge in [-0.15, -0.1) is 0 Å². The van der Waals surface area contributed by atoms with E-state index in [0.717, 1.165) is 12.8 Å². The number of hydrogen-bond donors (Lipinski definition) is 1. The lowest BCUT2D eigenvalue weighted by molar-refractivity contribution is -0.135. The topological polar surface area (TPSA) is 12.0 Å². The van der Waals surface area contributed by atoms with Crippen molar-refractivity contribution in [1.82, 2.24) is 5.32 Å². The Morgan fingerprint density at radius 2 is 2.11 bits per heavy atom. The number of nitrogens with one attached hydrogen (secondary N) is 1. The number of fused-ring (bicyclic) bond motifs is 1. The molecule has 1 nitrogen and oxygen atoms in total. The van der Waals surface area contributed by atoms with Gasteiger partial charge in [0.1, 0.15) is 0 Å². The van der Waals surface area contributed by atoms with Crippen LogP contribution in [0.5, 0.6) is 0 Å². The van der Waals surface area contributed by atoms with Crippen molar-refractivity contribution in [2.75, 3.05) is 6.54 Å². The molecule has 0 amide bonds. The first-order valence-electron chi connectivity index (χ1n) is 6.04. The van der Waals surface area contributed by atoms with Crippen molar-refractivity contribution in [3.8, 4) is 0 Å². The van der Waals surface area contributed by atoms with Crippen molar-refractivity contribution in [2.24, 2.45) is 0 Å². The molecule has 0 bridgehead atoms. The summed E-state index contributed by atoms with van der Waals surface area (Å²) >= 11 is 5.90. The lowest BCUT2D eigenvalue weighted by Crippen LogP contribution is -2.22. The fraction of sp³-hybridized carbons (Fsp3) is 0.538. The van der Waals surface area contributed by atoms with Gasteiger partial charge in [0.25, 0.3) is 0 Å². The van der Waals surface area contributed by atoms with Crippen molar-refractivity contribution < 1.29 is 13.2 Å². The number of hydrogen-bond acceptors (Lipinski definition) is 1. The molecule has 0 spiro atoms. The van der Waals surface area contributed by atoms with Crippen molar-refractivity contribution in [3.05, 3.63) is 34.3 Å². The highest BCUT2D eigenvalue weighted by Crippen LogP contribution is 2.32. The standard InChI is InChI=1S/C13H15ClF3N/c14-10-3-4-11-9(8-10)2-5-12(11)18-7-1-6-13(15,16)17/h3-4,8,12,18H,1-2,5-7H2. The van der Waals surface area contributed by atoms with E-state index in [-0.39, 0.29) is 12.5 Å². The van der Waals surface area contributed by atoms with Crippen LogP contribution in [0.3, 0.4) is 0 Å². The molecule has 1 aliphatic carbocycles. The predicted octanol–water partition coefficient (Wildman–Crippen LogP) is 4.26. The van der Waals surface area contributed by atoms with Crippen LogP contribution in [0.15, 0.2) is 18.2 Å². The number of alkyl halides is 3. The van der Waals surface area contributed by atoms with Gasteiger partial charge in [-0.25, -0.2) is 0 Å². The van der Waals surface area contributed by atoms with Gasteiger partial charge in [-0.05, 0) is 49.1 Å². The molecule has 1 atom stereocenters. The average molecular weight is 278 g/mol. The molecule has 0 aliphatic heterocycles. The van der Waals surface area contributed by atoms with Crippen LogP contribution in [0.4, 0.5) is 13.2 Å². The Labute approximate surface area is 109 Å². The second kappa shape index (κ2) is 5.49. The maximum atomic E-state index is 12.0. The third-order valence-corrected chi connectivity index (χ3v) is 3.45. The van der Waals surface area contributed by atoms with Crippen LogP contribution in [0, 0.1) is 0 Å². The average Bonchev–Trinajstić information content (AvgIpc) is 2.65. The first kappa shape index (κ1) is 13.7. The maximum Gasteiger partial charge on any atom is 0.389 e. The number of rotatable bonds is 4. The van der Waals surface area contributed by atoms with E-state index in [1.165, 1.54) is 11.1 Å². The summed E-state index contributed by atoms with van der Waals surface area (Å²) < 4.78 is 36.0. The lowest BCUT2D eigenvalue weighted by atomic mass is 10.1. The van der Waals surface area contributed by atoms with Crippen LogP contribution in [-0.4, -0.2) is 12.7 Å². The number of halogens is 4. The number of benzene rings is 1. The fourth-order valence-corrected chi connectivity index (χ4v) is 2.56. The van der Waals surface area contributed by atoms with Gasteiger partial charge in [-0.2, -0.15) is 13.2 Å². The highest BCUT2D eigenvalue weighted by molar-refractivity contribution is 6.30. The zero-order valence-corrected chi connectivity index (χ0v) is 10.6. The zero-order valence-electron chi connectivity index (χ0n) is 9.86. The van der Waals surface area contributed by atoms with Crippen molar-refractivity contribution in [2.45, 2.75) is 37.9 Å². The van der Waals surface area contributed by atoms with Crippen LogP contribution in [0.1, 0.15) is 36.4 Å². The molecule has 0 saturated heterocycles. The summed E-state index contributed by atoms with van der Waals surface area (Å²) in [6.45, 7) is 0.395. The molecule has 1 unspecified atom stereocenters. The third kappa shape index (κ3) is 3.62. The zero-order chi connectivity index (χ0) is 13.2. The molecule has 1 aliphatic rings. The van der Waals surface area contributed by atoms with E-state index in [4.69, 9.17) is 11.6 Å². The van der Waals surface area contributed by atoms with E-state index in [9.17, 15) is 13.2 Å². The normalized spacial score (nSPS) is 19.0. The first-order valence-corrected chi connectivity index (χ1v) is 6.42. The molecule has 5 heteroatoms. The molecule has 100 valence electrons. The summed E-state index contributed by atoms with van der Waals surface area (Å²) in [6, 6.07) is 5.90. The van der Waals surface area contributed by atoms with Crippen LogP contribution in [0.2, 0.25) is 5.02 Å². The van der Waals surface area contributed by atoms with E-state index >= 15 is 0 Å². The van der Waals surface area contributed by atoms with Gasteiger partial charge in [0, 0.05) is 17.5 Å². The van der Waals surface area contributed by atoms with Crippen molar-refractivity contribution in [1.29, 1.82) is 0 Å². The highest BCUT2D eigenvalue weighted by Gasteiger charge is 2.27. The third-order valence-electron chi connectivity index (χ3n) is 3.21. The van der Waals surface area contributed by atoms with E-state index in [0.29, 0.717) is 11.6 Å². The molecule has 1 aromatic carbocycles. The maximum absolute atomic E-state index is 12.0. The second-order valence-electron chi connectivity index (χ2n) is 4.61. The Morgan fingerprint density at radius 1 is 1.33 bits per heavy atom.